The molecular formula is C21H21NO4S. The predicted octanol–water partition coefficient (Wildman–Crippen LogP) is 4.42. The standard InChI is InChI=1S/C21H21NO4S/c1-14-4-6-15(7-5-14)12-26-20(23)11-17-13-27-21(22-17)16-8-9-18(24-2)19(10-16)25-3/h4-10,13H,11-12H2,1-3H3. The SMILES string of the molecule is COc1ccc(-c2nc(CC(=O)OCc3ccc(C)cc3)cs2)cc1OC. The molecule has 0 saturated carbocycles. The Balaban J connectivity index is 1.62. The molecule has 0 radical (unpaired) electrons. The van der Waals surface area contributed by atoms with Crippen LogP contribution in [0.4, 0.5) is 0 Å². The zero-order valence-electron chi connectivity index (χ0n) is 15.5. The lowest BCUT2D eigenvalue weighted by Crippen LogP contribution is -2.08. The number of hydrogen-bond acceptors (Lipinski definition) is 6. The van der Waals surface area contributed by atoms with Crippen LogP contribution < -0.4 is 9.47 Å². The highest BCUT2D eigenvalue weighted by Crippen LogP contribution is 2.33. The van der Waals surface area contributed by atoms with E-state index >= 15 is 0 Å². The van der Waals surface area contributed by atoms with Gasteiger partial charge in [0.05, 0.1) is 26.3 Å². The van der Waals surface area contributed by atoms with Crippen LogP contribution in [-0.4, -0.2) is 25.2 Å². The van der Waals surface area contributed by atoms with Crippen LogP contribution in [0, 0.1) is 6.92 Å². The largest absolute Gasteiger partial charge is 0.493 e. The molecule has 0 N–H and O–H groups in total. The third kappa shape index (κ3) is 4.86. The summed E-state index contributed by atoms with van der Waals surface area (Å²) in [5.41, 5.74) is 3.75. The van der Waals surface area contributed by atoms with Crippen molar-refractivity contribution in [1.29, 1.82) is 0 Å². The normalized spacial score (nSPS) is 10.5. The van der Waals surface area contributed by atoms with E-state index in [0.717, 1.165) is 16.1 Å². The minimum absolute atomic E-state index is 0.148. The summed E-state index contributed by atoms with van der Waals surface area (Å²) in [5, 5.41) is 2.69. The predicted molar refractivity (Wildman–Crippen MR) is 105 cm³/mol. The smallest absolute Gasteiger partial charge is 0.312 e. The average molecular weight is 383 g/mol. The third-order valence-corrected chi connectivity index (χ3v) is 4.97. The lowest BCUT2D eigenvalue weighted by molar-refractivity contribution is -0.144. The number of carbonyl (C=O) groups excluding carboxylic acids is 1. The maximum atomic E-state index is 12.1. The number of hydrogen-bond donors (Lipinski definition) is 0. The van der Waals surface area contributed by atoms with E-state index in [1.54, 1.807) is 14.2 Å². The summed E-state index contributed by atoms with van der Waals surface area (Å²) in [6.07, 6.45) is 0.148. The van der Waals surface area contributed by atoms with Crippen molar-refractivity contribution in [3.05, 3.63) is 64.7 Å². The molecule has 0 bridgehead atoms. The number of aryl methyl sites for hydroxylation is 1. The Morgan fingerprint density at radius 1 is 1.04 bits per heavy atom. The molecule has 1 aromatic heterocycles. The van der Waals surface area contributed by atoms with Gasteiger partial charge in [-0.15, -0.1) is 11.3 Å². The first-order valence-corrected chi connectivity index (χ1v) is 9.35. The van der Waals surface area contributed by atoms with E-state index in [9.17, 15) is 4.79 Å². The van der Waals surface area contributed by atoms with Crippen LogP contribution >= 0.6 is 11.3 Å². The fourth-order valence-corrected chi connectivity index (χ4v) is 3.35. The van der Waals surface area contributed by atoms with Gasteiger partial charge in [-0.3, -0.25) is 4.79 Å². The molecule has 2 aromatic carbocycles. The van der Waals surface area contributed by atoms with Gasteiger partial charge in [0.15, 0.2) is 11.5 Å². The van der Waals surface area contributed by atoms with Gasteiger partial charge < -0.3 is 14.2 Å². The van der Waals surface area contributed by atoms with E-state index < -0.39 is 0 Å². The van der Waals surface area contributed by atoms with Gasteiger partial charge in [0.2, 0.25) is 0 Å². The number of nitrogens with zero attached hydrogens (tertiary/aromatic N) is 1. The number of methoxy groups -OCH3 is 2. The van der Waals surface area contributed by atoms with Gasteiger partial charge in [-0.25, -0.2) is 4.98 Å². The van der Waals surface area contributed by atoms with Crippen molar-refractivity contribution in [2.24, 2.45) is 0 Å². The molecule has 140 valence electrons. The number of thiazole rings is 1. The van der Waals surface area contributed by atoms with E-state index in [0.29, 0.717) is 17.2 Å². The molecule has 27 heavy (non-hydrogen) atoms. The second-order valence-corrected chi connectivity index (χ2v) is 6.89. The maximum absolute atomic E-state index is 12.1. The number of aromatic nitrogens is 1. The van der Waals surface area contributed by atoms with Gasteiger partial charge in [0.25, 0.3) is 0 Å². The Bertz CT molecular complexity index is 918. The Hall–Kier alpha value is -2.86. The van der Waals surface area contributed by atoms with Crippen LogP contribution in [0.5, 0.6) is 11.5 Å². The molecule has 5 nitrogen and oxygen atoms in total. The van der Waals surface area contributed by atoms with Crippen LogP contribution in [0.25, 0.3) is 10.6 Å². The second kappa shape index (κ2) is 8.68. The average Bonchev–Trinajstić information content (AvgIpc) is 3.15. The van der Waals surface area contributed by atoms with Crippen molar-refractivity contribution in [1.82, 2.24) is 4.98 Å². The van der Waals surface area contributed by atoms with Crippen LogP contribution in [0.1, 0.15) is 16.8 Å². The van der Waals surface area contributed by atoms with Gasteiger partial charge >= 0.3 is 5.97 Å². The van der Waals surface area contributed by atoms with Crippen molar-refractivity contribution < 1.29 is 19.0 Å². The number of rotatable bonds is 7. The molecule has 0 saturated heterocycles. The van der Waals surface area contributed by atoms with E-state index in [2.05, 4.69) is 4.98 Å². The topological polar surface area (TPSA) is 57.7 Å². The van der Waals surface area contributed by atoms with E-state index in [1.165, 1.54) is 16.9 Å². The first-order chi connectivity index (χ1) is 13.1. The van der Waals surface area contributed by atoms with Gasteiger partial charge in [-0.2, -0.15) is 0 Å². The Labute approximate surface area is 162 Å². The molecule has 0 aliphatic heterocycles. The molecule has 0 fully saturated rings. The van der Waals surface area contributed by atoms with Crippen molar-refractivity contribution in [2.75, 3.05) is 14.2 Å². The monoisotopic (exact) mass is 383 g/mol. The minimum Gasteiger partial charge on any atom is -0.493 e. The fraction of sp³-hybridized carbons (Fsp3) is 0.238. The molecule has 0 spiro atoms. The Morgan fingerprint density at radius 3 is 2.48 bits per heavy atom. The zero-order chi connectivity index (χ0) is 19.2. The summed E-state index contributed by atoms with van der Waals surface area (Å²) in [6.45, 7) is 2.29. The number of carbonyl (C=O) groups is 1. The molecule has 0 unspecified atom stereocenters. The molecule has 1 heterocycles. The first-order valence-electron chi connectivity index (χ1n) is 8.47. The Morgan fingerprint density at radius 2 is 1.78 bits per heavy atom. The van der Waals surface area contributed by atoms with Crippen LogP contribution in [-0.2, 0) is 22.6 Å². The van der Waals surface area contributed by atoms with E-state index in [-0.39, 0.29) is 19.0 Å². The lowest BCUT2D eigenvalue weighted by Gasteiger charge is -2.08. The third-order valence-electron chi connectivity index (χ3n) is 4.03. The van der Waals surface area contributed by atoms with Gasteiger partial charge in [-0.1, -0.05) is 29.8 Å². The Kier molecular flexibility index (Phi) is 6.08. The number of ether oxygens (including phenoxy) is 3. The number of benzene rings is 2. The lowest BCUT2D eigenvalue weighted by atomic mass is 10.2. The van der Waals surface area contributed by atoms with Crippen molar-refractivity contribution >= 4 is 17.3 Å². The molecule has 0 amide bonds. The zero-order valence-corrected chi connectivity index (χ0v) is 16.3. The van der Waals surface area contributed by atoms with Crippen molar-refractivity contribution in [3.8, 4) is 22.1 Å². The molecule has 0 atom stereocenters. The summed E-state index contributed by atoms with van der Waals surface area (Å²) in [5.74, 6) is 1.02. The molecule has 0 aliphatic carbocycles. The molecular weight excluding hydrogens is 362 g/mol. The van der Waals surface area contributed by atoms with Gasteiger partial charge in [0, 0.05) is 10.9 Å². The molecule has 3 aromatic rings. The fourth-order valence-electron chi connectivity index (χ4n) is 2.54. The maximum Gasteiger partial charge on any atom is 0.312 e. The molecule has 6 heteroatoms. The summed E-state index contributed by atoms with van der Waals surface area (Å²) in [4.78, 5) is 16.6. The van der Waals surface area contributed by atoms with Crippen LogP contribution in [0.15, 0.2) is 47.8 Å². The summed E-state index contributed by atoms with van der Waals surface area (Å²) in [7, 11) is 3.19. The van der Waals surface area contributed by atoms with Crippen molar-refractivity contribution in [2.45, 2.75) is 20.0 Å². The van der Waals surface area contributed by atoms with Crippen molar-refractivity contribution in [3.63, 3.8) is 0 Å². The van der Waals surface area contributed by atoms with Crippen LogP contribution in [0.3, 0.4) is 0 Å². The molecule has 0 aliphatic rings. The van der Waals surface area contributed by atoms with Crippen LogP contribution in [0.2, 0.25) is 0 Å². The summed E-state index contributed by atoms with van der Waals surface area (Å²) in [6, 6.07) is 13.5. The summed E-state index contributed by atoms with van der Waals surface area (Å²) < 4.78 is 15.9. The summed E-state index contributed by atoms with van der Waals surface area (Å²) >= 11 is 1.48. The van der Waals surface area contributed by atoms with Gasteiger partial charge in [-0.05, 0) is 30.7 Å². The second-order valence-electron chi connectivity index (χ2n) is 6.04. The highest BCUT2D eigenvalue weighted by atomic mass is 32.1. The highest BCUT2D eigenvalue weighted by molar-refractivity contribution is 7.13. The quantitative estimate of drug-likeness (QED) is 0.565. The first kappa shape index (κ1) is 18.9. The van der Waals surface area contributed by atoms with E-state index in [4.69, 9.17) is 14.2 Å². The van der Waals surface area contributed by atoms with Gasteiger partial charge in [0.1, 0.15) is 11.6 Å². The highest BCUT2D eigenvalue weighted by Gasteiger charge is 2.12. The minimum atomic E-state index is -0.292. The molecule has 3 rings (SSSR count). The van der Waals surface area contributed by atoms with E-state index in [1.807, 2.05) is 54.8 Å². The number of esters is 1.